The number of nitrogens with zero attached hydrogens (tertiary/aromatic N) is 1. The Balaban J connectivity index is 2.34. The summed E-state index contributed by atoms with van der Waals surface area (Å²) in [4.78, 5) is 12.9. The molecule has 0 aromatic heterocycles. The monoisotopic (exact) mass is 189 g/mol. The number of rotatable bonds is 3. The van der Waals surface area contributed by atoms with Gasteiger partial charge in [-0.3, -0.25) is 0 Å². The van der Waals surface area contributed by atoms with E-state index in [4.69, 9.17) is 0 Å². The Labute approximate surface area is 77.9 Å². The molecule has 0 radical (unpaired) electrons. The van der Waals surface area contributed by atoms with Crippen LogP contribution in [0.25, 0.3) is 0 Å². The fourth-order valence-electron chi connectivity index (χ4n) is 1.74. The van der Waals surface area contributed by atoms with Crippen LogP contribution in [0.15, 0.2) is 0 Å². The molecule has 4 heteroatoms. The summed E-state index contributed by atoms with van der Waals surface area (Å²) < 4.78 is 17.4. The van der Waals surface area contributed by atoms with Crippen molar-refractivity contribution in [1.82, 2.24) is 4.90 Å². The van der Waals surface area contributed by atoms with E-state index in [0.717, 1.165) is 19.4 Å². The molecule has 2 unspecified atom stereocenters. The van der Waals surface area contributed by atoms with E-state index in [0.29, 0.717) is 0 Å². The molecule has 0 saturated carbocycles. The number of carbonyl (C=O) groups is 1. The van der Waals surface area contributed by atoms with Crippen LogP contribution in [0.2, 0.25) is 0 Å². The molecule has 13 heavy (non-hydrogen) atoms. The molecule has 0 bridgehead atoms. The first-order chi connectivity index (χ1) is 6.15. The Morgan fingerprint density at radius 2 is 2.46 bits per heavy atom. The van der Waals surface area contributed by atoms with E-state index in [1.54, 1.807) is 0 Å². The maximum atomic E-state index is 13.1. The van der Waals surface area contributed by atoms with Gasteiger partial charge in [0.2, 0.25) is 0 Å². The van der Waals surface area contributed by atoms with Gasteiger partial charge in [-0.1, -0.05) is 0 Å². The molecular formula is C9H16FNO2. The summed E-state index contributed by atoms with van der Waals surface area (Å²) in [6, 6.07) is 0.203. The minimum absolute atomic E-state index is 0.203. The highest BCUT2D eigenvalue weighted by atomic mass is 19.1. The van der Waals surface area contributed by atoms with Gasteiger partial charge in [-0.2, -0.15) is 0 Å². The van der Waals surface area contributed by atoms with Gasteiger partial charge in [-0.15, -0.1) is 0 Å². The fraction of sp³-hybridized carbons (Fsp3) is 0.889. The Hall–Kier alpha value is -0.640. The second-order valence-electron chi connectivity index (χ2n) is 3.50. The first-order valence-electron chi connectivity index (χ1n) is 4.57. The third-order valence-corrected chi connectivity index (χ3v) is 2.61. The average molecular weight is 189 g/mol. The summed E-state index contributed by atoms with van der Waals surface area (Å²) in [6.07, 6.45) is 0.877. The van der Waals surface area contributed by atoms with Gasteiger partial charge in [-0.05, 0) is 26.4 Å². The molecule has 1 aliphatic heterocycles. The number of methoxy groups -OCH3 is 1. The zero-order valence-corrected chi connectivity index (χ0v) is 8.12. The van der Waals surface area contributed by atoms with Gasteiger partial charge in [0.05, 0.1) is 7.11 Å². The molecule has 0 aromatic rings. The van der Waals surface area contributed by atoms with Crippen LogP contribution in [0.4, 0.5) is 4.39 Å². The highest BCUT2D eigenvalue weighted by Crippen LogP contribution is 2.20. The van der Waals surface area contributed by atoms with Gasteiger partial charge in [0.1, 0.15) is 0 Å². The minimum atomic E-state index is -1.46. The van der Waals surface area contributed by atoms with E-state index in [1.807, 2.05) is 7.05 Å². The number of carbonyl (C=O) groups excluding carboxylic acids is 1. The molecule has 0 amide bonds. The van der Waals surface area contributed by atoms with Crippen molar-refractivity contribution in [3.8, 4) is 0 Å². The summed E-state index contributed by atoms with van der Waals surface area (Å²) in [7, 11) is 3.18. The van der Waals surface area contributed by atoms with Gasteiger partial charge in [0, 0.05) is 12.5 Å². The van der Waals surface area contributed by atoms with E-state index in [9.17, 15) is 9.18 Å². The first-order valence-corrected chi connectivity index (χ1v) is 4.57. The third-order valence-electron chi connectivity index (χ3n) is 2.61. The van der Waals surface area contributed by atoms with Crippen LogP contribution >= 0.6 is 0 Å². The lowest BCUT2D eigenvalue weighted by Crippen LogP contribution is -2.31. The molecule has 2 atom stereocenters. The Morgan fingerprint density at radius 3 is 2.92 bits per heavy atom. The summed E-state index contributed by atoms with van der Waals surface area (Å²) >= 11 is 0. The predicted molar refractivity (Wildman–Crippen MR) is 47.2 cm³/mol. The van der Waals surface area contributed by atoms with Crippen molar-refractivity contribution in [3.63, 3.8) is 0 Å². The molecule has 0 aromatic carbocycles. The number of ether oxygens (including phenoxy) is 1. The standard InChI is InChI=1S/C9H16FNO2/c1-11-5-3-4-7(11)6-8(10)9(12)13-2/h7-8H,3-6H2,1-2H3. The normalized spacial score (nSPS) is 25.9. The number of likely N-dealkylation sites (tertiary alicyclic amines) is 1. The van der Waals surface area contributed by atoms with Gasteiger partial charge in [-0.25, -0.2) is 9.18 Å². The van der Waals surface area contributed by atoms with Crippen LogP contribution in [-0.4, -0.2) is 43.8 Å². The lowest BCUT2D eigenvalue weighted by Gasteiger charge is -2.19. The zero-order valence-electron chi connectivity index (χ0n) is 8.12. The van der Waals surface area contributed by atoms with E-state index in [-0.39, 0.29) is 12.5 Å². The molecule has 1 fully saturated rings. The SMILES string of the molecule is COC(=O)C(F)CC1CCCN1C. The topological polar surface area (TPSA) is 29.5 Å². The molecular weight excluding hydrogens is 173 g/mol. The lowest BCUT2D eigenvalue weighted by atomic mass is 10.1. The smallest absolute Gasteiger partial charge is 0.340 e. The maximum Gasteiger partial charge on any atom is 0.340 e. The molecule has 0 spiro atoms. The second-order valence-corrected chi connectivity index (χ2v) is 3.50. The maximum absolute atomic E-state index is 13.1. The fourth-order valence-corrected chi connectivity index (χ4v) is 1.74. The quantitative estimate of drug-likeness (QED) is 0.620. The first kappa shape index (κ1) is 10.4. The van der Waals surface area contributed by atoms with Crippen LogP contribution in [0, 0.1) is 0 Å². The molecule has 76 valence electrons. The number of halogens is 1. The van der Waals surface area contributed by atoms with Crippen LogP contribution in [-0.2, 0) is 9.53 Å². The van der Waals surface area contributed by atoms with Crippen LogP contribution in [0.1, 0.15) is 19.3 Å². The molecule has 1 heterocycles. The van der Waals surface area contributed by atoms with Gasteiger partial charge in [0.25, 0.3) is 0 Å². The van der Waals surface area contributed by atoms with Crippen molar-refractivity contribution >= 4 is 5.97 Å². The third kappa shape index (κ3) is 2.66. The van der Waals surface area contributed by atoms with Crippen molar-refractivity contribution in [1.29, 1.82) is 0 Å². The number of hydrogen-bond acceptors (Lipinski definition) is 3. The average Bonchev–Trinajstić information content (AvgIpc) is 2.50. The van der Waals surface area contributed by atoms with Crippen molar-refractivity contribution in [2.75, 3.05) is 20.7 Å². The zero-order chi connectivity index (χ0) is 9.84. The minimum Gasteiger partial charge on any atom is -0.467 e. The van der Waals surface area contributed by atoms with E-state index in [1.165, 1.54) is 7.11 Å². The van der Waals surface area contributed by atoms with E-state index >= 15 is 0 Å². The van der Waals surface area contributed by atoms with E-state index < -0.39 is 12.1 Å². The number of esters is 1. The number of hydrogen-bond donors (Lipinski definition) is 0. The van der Waals surface area contributed by atoms with Crippen LogP contribution < -0.4 is 0 Å². The molecule has 3 nitrogen and oxygen atoms in total. The molecule has 1 rings (SSSR count). The molecule has 1 saturated heterocycles. The summed E-state index contributed by atoms with van der Waals surface area (Å²) in [5, 5.41) is 0. The molecule has 0 aliphatic carbocycles. The predicted octanol–water partition coefficient (Wildman–Crippen LogP) is 0.982. The summed E-state index contributed by atoms with van der Waals surface area (Å²) in [5.41, 5.74) is 0. The number of alkyl halides is 1. The Bertz CT molecular complexity index is 186. The van der Waals surface area contributed by atoms with Gasteiger partial charge >= 0.3 is 5.97 Å². The lowest BCUT2D eigenvalue weighted by molar-refractivity contribution is -0.147. The Kier molecular flexibility index (Phi) is 3.66. The molecule has 1 aliphatic rings. The van der Waals surface area contributed by atoms with Crippen LogP contribution in [0.5, 0.6) is 0 Å². The molecule has 0 N–H and O–H groups in total. The highest BCUT2D eigenvalue weighted by Gasteiger charge is 2.28. The summed E-state index contributed by atoms with van der Waals surface area (Å²) in [5.74, 6) is -0.750. The van der Waals surface area contributed by atoms with Gasteiger partial charge in [0.15, 0.2) is 6.17 Å². The van der Waals surface area contributed by atoms with Crippen molar-refractivity contribution in [3.05, 3.63) is 0 Å². The van der Waals surface area contributed by atoms with Crippen LogP contribution in [0.3, 0.4) is 0 Å². The largest absolute Gasteiger partial charge is 0.467 e. The highest BCUT2D eigenvalue weighted by molar-refractivity contribution is 5.74. The van der Waals surface area contributed by atoms with E-state index in [2.05, 4.69) is 9.64 Å². The summed E-state index contributed by atoms with van der Waals surface area (Å²) in [6.45, 7) is 0.999. The Morgan fingerprint density at radius 1 is 1.77 bits per heavy atom. The van der Waals surface area contributed by atoms with Crippen molar-refractivity contribution < 1.29 is 13.9 Å². The van der Waals surface area contributed by atoms with Gasteiger partial charge < -0.3 is 9.64 Å². The van der Waals surface area contributed by atoms with Crippen molar-refractivity contribution in [2.45, 2.75) is 31.5 Å². The second kappa shape index (κ2) is 4.56. The van der Waals surface area contributed by atoms with Crippen molar-refractivity contribution in [2.24, 2.45) is 0 Å².